The maximum atomic E-state index is 9.27. The lowest BCUT2D eigenvalue weighted by Gasteiger charge is -2.09. The highest BCUT2D eigenvalue weighted by Crippen LogP contribution is 2.23. The van der Waals surface area contributed by atoms with Gasteiger partial charge in [0.1, 0.15) is 5.75 Å². The highest BCUT2D eigenvalue weighted by atomic mass is 16.3. The number of aromatic hydroxyl groups is 1. The van der Waals surface area contributed by atoms with Crippen LogP contribution < -0.4 is 0 Å². The maximum Gasteiger partial charge on any atom is 0.115 e. The van der Waals surface area contributed by atoms with Crippen LogP contribution in [-0.4, -0.2) is 5.11 Å². The fourth-order valence-corrected chi connectivity index (χ4v) is 2.03. The Balaban J connectivity index is 2.14. The second-order valence-electron chi connectivity index (χ2n) is 4.96. The molecule has 2 aromatic carbocycles. The molecule has 0 radical (unpaired) electrons. The molecule has 0 aliphatic carbocycles. The molecule has 1 unspecified atom stereocenters. The summed E-state index contributed by atoms with van der Waals surface area (Å²) in [6.07, 6.45) is 2.37. The van der Waals surface area contributed by atoms with Crippen molar-refractivity contribution in [3.05, 3.63) is 54.1 Å². The maximum absolute atomic E-state index is 9.27. The van der Waals surface area contributed by atoms with E-state index in [-0.39, 0.29) is 0 Å². The van der Waals surface area contributed by atoms with Crippen LogP contribution in [0.25, 0.3) is 11.1 Å². The van der Waals surface area contributed by atoms with Gasteiger partial charge in [-0.05, 0) is 41.2 Å². The molecule has 0 saturated carbocycles. The number of hydrogen-bond donors (Lipinski definition) is 1. The van der Waals surface area contributed by atoms with E-state index in [1.54, 1.807) is 12.1 Å². The van der Waals surface area contributed by atoms with Gasteiger partial charge in [0.25, 0.3) is 0 Å². The molecule has 0 amide bonds. The Morgan fingerprint density at radius 3 is 1.89 bits per heavy atom. The molecule has 0 aliphatic rings. The molecule has 0 heterocycles. The number of hydrogen-bond acceptors (Lipinski definition) is 1. The summed E-state index contributed by atoms with van der Waals surface area (Å²) >= 11 is 0. The van der Waals surface area contributed by atoms with Crippen molar-refractivity contribution in [2.45, 2.75) is 26.7 Å². The Morgan fingerprint density at radius 1 is 0.889 bits per heavy atom. The van der Waals surface area contributed by atoms with Crippen LogP contribution in [0.2, 0.25) is 0 Å². The van der Waals surface area contributed by atoms with Crippen molar-refractivity contribution in [2.75, 3.05) is 0 Å². The normalized spacial score (nSPS) is 12.3. The summed E-state index contributed by atoms with van der Waals surface area (Å²) in [5, 5.41) is 9.27. The van der Waals surface area contributed by atoms with Gasteiger partial charge >= 0.3 is 0 Å². The molecule has 2 aromatic rings. The zero-order valence-electron chi connectivity index (χ0n) is 11.1. The molecule has 94 valence electrons. The Kier molecular flexibility index (Phi) is 4.03. The van der Waals surface area contributed by atoms with Crippen LogP contribution in [0.5, 0.6) is 5.75 Å². The van der Waals surface area contributed by atoms with Crippen LogP contribution in [0.4, 0.5) is 0 Å². The van der Waals surface area contributed by atoms with Crippen molar-refractivity contribution in [1.29, 1.82) is 0 Å². The highest BCUT2D eigenvalue weighted by molar-refractivity contribution is 5.64. The standard InChI is InChI=1S/C17H20O/c1-3-13(2)12-14-4-6-15(7-5-14)16-8-10-17(18)11-9-16/h4-11,13,18H,3,12H2,1-2H3. The molecule has 2 rings (SSSR count). The van der Waals surface area contributed by atoms with E-state index < -0.39 is 0 Å². The van der Waals surface area contributed by atoms with Crippen LogP contribution in [-0.2, 0) is 6.42 Å². The van der Waals surface area contributed by atoms with E-state index in [9.17, 15) is 5.11 Å². The third kappa shape index (κ3) is 3.13. The molecule has 0 spiro atoms. The van der Waals surface area contributed by atoms with Crippen molar-refractivity contribution >= 4 is 0 Å². The first kappa shape index (κ1) is 12.7. The van der Waals surface area contributed by atoms with E-state index in [1.807, 2.05) is 12.1 Å². The number of phenolic OH excluding ortho intramolecular Hbond substituents is 1. The SMILES string of the molecule is CCC(C)Cc1ccc(-c2ccc(O)cc2)cc1. The molecule has 18 heavy (non-hydrogen) atoms. The van der Waals surface area contributed by atoms with Gasteiger partial charge in [0.2, 0.25) is 0 Å². The molecule has 0 bridgehead atoms. The fraction of sp³-hybridized carbons (Fsp3) is 0.294. The Morgan fingerprint density at radius 2 is 1.39 bits per heavy atom. The predicted octanol–water partition coefficient (Wildman–Crippen LogP) is 4.65. The van der Waals surface area contributed by atoms with Gasteiger partial charge in [-0.2, -0.15) is 0 Å². The van der Waals surface area contributed by atoms with E-state index in [1.165, 1.54) is 17.5 Å². The van der Waals surface area contributed by atoms with Gasteiger partial charge in [-0.25, -0.2) is 0 Å². The van der Waals surface area contributed by atoms with Gasteiger partial charge in [0.15, 0.2) is 0 Å². The molecule has 0 aromatic heterocycles. The van der Waals surface area contributed by atoms with Gasteiger partial charge in [0.05, 0.1) is 0 Å². The largest absolute Gasteiger partial charge is 0.508 e. The topological polar surface area (TPSA) is 20.2 Å². The van der Waals surface area contributed by atoms with Crippen LogP contribution in [0.3, 0.4) is 0 Å². The minimum absolute atomic E-state index is 0.312. The molecular formula is C17H20O. The van der Waals surface area contributed by atoms with Crippen molar-refractivity contribution in [1.82, 2.24) is 0 Å². The van der Waals surface area contributed by atoms with Gasteiger partial charge in [-0.3, -0.25) is 0 Å². The highest BCUT2D eigenvalue weighted by Gasteiger charge is 2.02. The van der Waals surface area contributed by atoms with Crippen molar-refractivity contribution < 1.29 is 5.11 Å². The van der Waals surface area contributed by atoms with E-state index in [4.69, 9.17) is 0 Å². The molecular weight excluding hydrogens is 220 g/mol. The Labute approximate surface area is 109 Å². The summed E-state index contributed by atoms with van der Waals surface area (Å²) in [5.74, 6) is 1.05. The van der Waals surface area contributed by atoms with Crippen molar-refractivity contribution in [3.8, 4) is 16.9 Å². The summed E-state index contributed by atoms with van der Waals surface area (Å²) in [7, 11) is 0. The lowest BCUT2D eigenvalue weighted by molar-refractivity contribution is 0.475. The predicted molar refractivity (Wildman–Crippen MR) is 76.7 cm³/mol. The number of phenols is 1. The molecule has 1 N–H and O–H groups in total. The van der Waals surface area contributed by atoms with Crippen molar-refractivity contribution in [2.24, 2.45) is 5.92 Å². The summed E-state index contributed by atoms with van der Waals surface area (Å²) in [5.41, 5.74) is 3.73. The molecule has 0 fully saturated rings. The lowest BCUT2D eigenvalue weighted by Crippen LogP contribution is -1.97. The minimum atomic E-state index is 0.312. The third-order valence-corrected chi connectivity index (χ3v) is 3.44. The van der Waals surface area contributed by atoms with E-state index in [0.29, 0.717) is 5.75 Å². The average molecular weight is 240 g/mol. The average Bonchev–Trinajstić information content (AvgIpc) is 2.40. The summed E-state index contributed by atoms with van der Waals surface area (Å²) in [6, 6.07) is 16.1. The fourth-order valence-electron chi connectivity index (χ4n) is 2.03. The zero-order chi connectivity index (χ0) is 13.0. The third-order valence-electron chi connectivity index (χ3n) is 3.44. The molecule has 0 saturated heterocycles. The van der Waals surface area contributed by atoms with Gasteiger partial charge < -0.3 is 5.11 Å². The van der Waals surface area contributed by atoms with Crippen molar-refractivity contribution in [3.63, 3.8) is 0 Å². The Bertz CT molecular complexity index is 482. The first-order chi connectivity index (χ1) is 8.69. The molecule has 0 aliphatic heterocycles. The van der Waals surface area contributed by atoms with Gasteiger partial charge in [0, 0.05) is 0 Å². The molecule has 1 heteroatoms. The van der Waals surface area contributed by atoms with Gasteiger partial charge in [-0.15, -0.1) is 0 Å². The smallest absolute Gasteiger partial charge is 0.115 e. The lowest BCUT2D eigenvalue weighted by atomic mass is 9.97. The van der Waals surface area contributed by atoms with E-state index in [2.05, 4.69) is 38.1 Å². The van der Waals surface area contributed by atoms with Crippen LogP contribution in [0.1, 0.15) is 25.8 Å². The first-order valence-corrected chi connectivity index (χ1v) is 6.57. The number of rotatable bonds is 4. The molecule has 1 nitrogen and oxygen atoms in total. The second kappa shape index (κ2) is 5.72. The monoisotopic (exact) mass is 240 g/mol. The summed E-state index contributed by atoms with van der Waals surface area (Å²) < 4.78 is 0. The zero-order valence-corrected chi connectivity index (χ0v) is 11.1. The first-order valence-electron chi connectivity index (χ1n) is 6.57. The van der Waals surface area contributed by atoms with Gasteiger partial charge in [-0.1, -0.05) is 56.7 Å². The quantitative estimate of drug-likeness (QED) is 0.825. The summed E-state index contributed by atoms with van der Waals surface area (Å²) in [4.78, 5) is 0. The van der Waals surface area contributed by atoms with Crippen LogP contribution in [0.15, 0.2) is 48.5 Å². The van der Waals surface area contributed by atoms with E-state index in [0.717, 1.165) is 17.9 Å². The molecule has 1 atom stereocenters. The van der Waals surface area contributed by atoms with Crippen LogP contribution in [0, 0.1) is 5.92 Å². The van der Waals surface area contributed by atoms with Crippen LogP contribution >= 0.6 is 0 Å². The number of benzene rings is 2. The summed E-state index contributed by atoms with van der Waals surface area (Å²) in [6.45, 7) is 4.52. The Hall–Kier alpha value is -1.76. The second-order valence-corrected chi connectivity index (χ2v) is 4.96. The van der Waals surface area contributed by atoms with E-state index >= 15 is 0 Å². The minimum Gasteiger partial charge on any atom is -0.508 e.